The summed E-state index contributed by atoms with van der Waals surface area (Å²) in [5, 5.41) is 0. The van der Waals surface area contributed by atoms with Crippen LogP contribution in [0.2, 0.25) is 0 Å². The van der Waals surface area contributed by atoms with Gasteiger partial charge in [0.2, 0.25) is 5.91 Å². The van der Waals surface area contributed by atoms with Gasteiger partial charge < -0.3 is 24.2 Å². The molecule has 3 heterocycles. The van der Waals surface area contributed by atoms with Crippen LogP contribution in [0.5, 0.6) is 0 Å². The molecular formula is C18H31N3O4. The standard InChI is InChI=1S/C18H31N3O4/c1-2-15-14-21(18(23)20-7-11-25-12-8-20)4-3-16(15)13-17(22)19-5-9-24-10-6-19/h15-16H,2-14H2,1H3. The molecule has 0 aromatic heterocycles. The number of likely N-dealkylation sites (tertiary alicyclic amines) is 1. The maximum Gasteiger partial charge on any atom is 0.320 e. The number of ether oxygens (including phenoxy) is 2. The molecule has 2 atom stereocenters. The molecular weight excluding hydrogens is 322 g/mol. The Labute approximate surface area is 150 Å². The normalized spacial score (nSPS) is 28.1. The number of carbonyl (C=O) groups is 2. The number of carbonyl (C=O) groups excluding carboxylic acids is 2. The highest BCUT2D eigenvalue weighted by Gasteiger charge is 2.34. The van der Waals surface area contributed by atoms with Gasteiger partial charge in [-0.2, -0.15) is 0 Å². The zero-order chi connectivity index (χ0) is 17.6. The predicted molar refractivity (Wildman–Crippen MR) is 93.3 cm³/mol. The fraction of sp³-hybridized carbons (Fsp3) is 0.889. The highest BCUT2D eigenvalue weighted by atomic mass is 16.5. The molecule has 0 aromatic rings. The molecule has 3 aliphatic heterocycles. The first-order chi connectivity index (χ1) is 12.2. The van der Waals surface area contributed by atoms with E-state index in [0.29, 0.717) is 70.9 Å². The second-order valence-corrected chi connectivity index (χ2v) is 7.24. The van der Waals surface area contributed by atoms with E-state index >= 15 is 0 Å². The van der Waals surface area contributed by atoms with Gasteiger partial charge in [0.1, 0.15) is 0 Å². The largest absolute Gasteiger partial charge is 0.378 e. The second kappa shape index (κ2) is 8.85. The Bertz CT molecular complexity index is 461. The Morgan fingerprint density at radius 3 is 2.04 bits per heavy atom. The van der Waals surface area contributed by atoms with E-state index < -0.39 is 0 Å². The Kier molecular flexibility index (Phi) is 6.53. The van der Waals surface area contributed by atoms with Gasteiger partial charge in [-0.3, -0.25) is 4.79 Å². The van der Waals surface area contributed by atoms with Crippen molar-refractivity contribution < 1.29 is 19.1 Å². The highest BCUT2D eigenvalue weighted by Crippen LogP contribution is 2.30. The second-order valence-electron chi connectivity index (χ2n) is 7.24. The number of piperidine rings is 1. The molecule has 3 saturated heterocycles. The van der Waals surface area contributed by atoms with E-state index in [9.17, 15) is 9.59 Å². The average molecular weight is 353 g/mol. The van der Waals surface area contributed by atoms with Crippen LogP contribution in [0.4, 0.5) is 4.79 Å². The lowest BCUT2D eigenvalue weighted by molar-refractivity contribution is -0.137. The summed E-state index contributed by atoms with van der Waals surface area (Å²) in [6.07, 6.45) is 2.54. The molecule has 25 heavy (non-hydrogen) atoms. The third kappa shape index (κ3) is 4.64. The van der Waals surface area contributed by atoms with E-state index in [4.69, 9.17) is 9.47 Å². The molecule has 0 bridgehead atoms. The van der Waals surface area contributed by atoms with Gasteiger partial charge >= 0.3 is 6.03 Å². The number of morpholine rings is 2. The number of amides is 3. The summed E-state index contributed by atoms with van der Waals surface area (Å²) in [5.41, 5.74) is 0. The smallest absolute Gasteiger partial charge is 0.320 e. The number of rotatable bonds is 3. The lowest BCUT2D eigenvalue weighted by Gasteiger charge is -2.41. The summed E-state index contributed by atoms with van der Waals surface area (Å²) in [5.74, 6) is 1.04. The molecule has 3 amide bonds. The SMILES string of the molecule is CCC1CN(C(=O)N2CCOCC2)CCC1CC(=O)N1CCOCC1. The van der Waals surface area contributed by atoms with Crippen LogP contribution in [0, 0.1) is 11.8 Å². The lowest BCUT2D eigenvalue weighted by Crippen LogP contribution is -2.52. The van der Waals surface area contributed by atoms with Gasteiger partial charge in [0.15, 0.2) is 0 Å². The van der Waals surface area contributed by atoms with Gasteiger partial charge in [-0.1, -0.05) is 13.3 Å². The molecule has 0 aliphatic carbocycles. The number of hydrogen-bond acceptors (Lipinski definition) is 4. The van der Waals surface area contributed by atoms with E-state index in [2.05, 4.69) is 6.92 Å². The molecule has 0 aromatic carbocycles. The van der Waals surface area contributed by atoms with Crippen molar-refractivity contribution in [3.8, 4) is 0 Å². The Hall–Kier alpha value is -1.34. The van der Waals surface area contributed by atoms with Crippen LogP contribution in [0.25, 0.3) is 0 Å². The summed E-state index contributed by atoms with van der Waals surface area (Å²) in [7, 11) is 0. The van der Waals surface area contributed by atoms with Crippen LogP contribution in [0.3, 0.4) is 0 Å². The summed E-state index contributed by atoms with van der Waals surface area (Å²) >= 11 is 0. The summed E-state index contributed by atoms with van der Waals surface area (Å²) in [6, 6.07) is 0.139. The minimum absolute atomic E-state index is 0.139. The zero-order valence-corrected chi connectivity index (χ0v) is 15.3. The first-order valence-corrected chi connectivity index (χ1v) is 9.66. The maximum atomic E-state index is 12.7. The van der Waals surface area contributed by atoms with Crippen molar-refractivity contribution in [2.75, 3.05) is 65.7 Å². The van der Waals surface area contributed by atoms with Crippen molar-refractivity contribution in [1.82, 2.24) is 14.7 Å². The minimum atomic E-state index is 0.139. The minimum Gasteiger partial charge on any atom is -0.378 e. The number of urea groups is 1. The van der Waals surface area contributed by atoms with Crippen molar-refractivity contribution in [2.24, 2.45) is 11.8 Å². The summed E-state index contributed by atoms with van der Waals surface area (Å²) < 4.78 is 10.7. The van der Waals surface area contributed by atoms with E-state index in [0.717, 1.165) is 25.9 Å². The van der Waals surface area contributed by atoms with Crippen LogP contribution in [-0.4, -0.2) is 92.3 Å². The quantitative estimate of drug-likeness (QED) is 0.760. The van der Waals surface area contributed by atoms with E-state index in [1.54, 1.807) is 0 Å². The molecule has 3 fully saturated rings. The van der Waals surface area contributed by atoms with E-state index in [-0.39, 0.29) is 11.9 Å². The molecule has 0 N–H and O–H groups in total. The van der Waals surface area contributed by atoms with Crippen LogP contribution >= 0.6 is 0 Å². The van der Waals surface area contributed by atoms with E-state index in [1.807, 2.05) is 14.7 Å². The van der Waals surface area contributed by atoms with Crippen molar-refractivity contribution in [1.29, 1.82) is 0 Å². The molecule has 0 saturated carbocycles. The van der Waals surface area contributed by atoms with Crippen LogP contribution in [0.1, 0.15) is 26.2 Å². The molecule has 3 aliphatic rings. The summed E-state index contributed by atoms with van der Waals surface area (Å²) in [4.78, 5) is 31.1. The Morgan fingerprint density at radius 2 is 1.44 bits per heavy atom. The topological polar surface area (TPSA) is 62.3 Å². The lowest BCUT2D eigenvalue weighted by atomic mass is 9.81. The molecule has 0 radical (unpaired) electrons. The summed E-state index contributed by atoms with van der Waals surface area (Å²) in [6.45, 7) is 9.05. The zero-order valence-electron chi connectivity index (χ0n) is 15.3. The third-order valence-corrected chi connectivity index (χ3v) is 5.77. The van der Waals surface area contributed by atoms with Gasteiger partial charge in [0.05, 0.1) is 26.4 Å². The van der Waals surface area contributed by atoms with Crippen LogP contribution in [-0.2, 0) is 14.3 Å². The van der Waals surface area contributed by atoms with Gasteiger partial charge in [0, 0.05) is 45.7 Å². The van der Waals surface area contributed by atoms with Crippen molar-refractivity contribution >= 4 is 11.9 Å². The van der Waals surface area contributed by atoms with Gasteiger partial charge in [-0.05, 0) is 18.3 Å². The molecule has 142 valence electrons. The van der Waals surface area contributed by atoms with Crippen molar-refractivity contribution in [2.45, 2.75) is 26.2 Å². The highest BCUT2D eigenvalue weighted by molar-refractivity contribution is 5.77. The van der Waals surface area contributed by atoms with Gasteiger partial charge in [-0.25, -0.2) is 4.79 Å². The van der Waals surface area contributed by atoms with Gasteiger partial charge in [0.25, 0.3) is 0 Å². The molecule has 3 rings (SSSR count). The van der Waals surface area contributed by atoms with Crippen molar-refractivity contribution in [3.05, 3.63) is 0 Å². The fourth-order valence-corrected chi connectivity index (χ4v) is 4.11. The van der Waals surface area contributed by atoms with Gasteiger partial charge in [-0.15, -0.1) is 0 Å². The molecule has 7 nitrogen and oxygen atoms in total. The van der Waals surface area contributed by atoms with Crippen LogP contribution < -0.4 is 0 Å². The first-order valence-electron chi connectivity index (χ1n) is 9.66. The Morgan fingerprint density at radius 1 is 0.840 bits per heavy atom. The monoisotopic (exact) mass is 353 g/mol. The van der Waals surface area contributed by atoms with Crippen molar-refractivity contribution in [3.63, 3.8) is 0 Å². The predicted octanol–water partition coefficient (Wildman–Crippen LogP) is 1.04. The number of hydrogen-bond donors (Lipinski definition) is 0. The number of nitrogens with zero attached hydrogens (tertiary/aromatic N) is 3. The molecule has 7 heteroatoms. The third-order valence-electron chi connectivity index (χ3n) is 5.77. The molecule has 2 unspecified atom stereocenters. The van der Waals surface area contributed by atoms with Crippen LogP contribution in [0.15, 0.2) is 0 Å². The first kappa shape index (κ1) is 18.5. The molecule has 0 spiro atoms. The average Bonchev–Trinajstić information content (AvgIpc) is 2.69. The maximum absolute atomic E-state index is 12.7. The fourth-order valence-electron chi connectivity index (χ4n) is 4.11. The van der Waals surface area contributed by atoms with E-state index in [1.165, 1.54) is 0 Å². The Balaban J connectivity index is 1.52.